The molecular weight excluding hydrogens is 162 g/mol. The summed E-state index contributed by atoms with van der Waals surface area (Å²) in [5, 5.41) is 2.13. The van der Waals surface area contributed by atoms with E-state index in [1.165, 1.54) is 0 Å². The Kier molecular flexibility index (Phi) is 1.89. The molecule has 0 aliphatic carbocycles. The van der Waals surface area contributed by atoms with Gasteiger partial charge in [-0.1, -0.05) is 24.3 Å². The summed E-state index contributed by atoms with van der Waals surface area (Å²) in [7, 11) is 0. The van der Waals surface area contributed by atoms with Crippen molar-refractivity contribution in [3.8, 4) is 0 Å². The quantitative estimate of drug-likeness (QED) is 0.646. The van der Waals surface area contributed by atoms with E-state index in [9.17, 15) is 4.79 Å². The Morgan fingerprint density at radius 3 is 2.62 bits per heavy atom. The first-order valence-corrected chi connectivity index (χ1v) is 4.40. The molecule has 0 unspecified atom stereocenters. The molecule has 13 heavy (non-hydrogen) atoms. The van der Waals surface area contributed by atoms with Crippen LogP contribution in [0.25, 0.3) is 10.8 Å². The van der Waals surface area contributed by atoms with Crippen molar-refractivity contribution in [2.45, 2.75) is 13.5 Å². The summed E-state index contributed by atoms with van der Waals surface area (Å²) in [6, 6.07) is 9.57. The van der Waals surface area contributed by atoms with Gasteiger partial charge in [0.2, 0.25) is 0 Å². The minimum absolute atomic E-state index is 0.0706. The number of pyridine rings is 1. The van der Waals surface area contributed by atoms with Gasteiger partial charge in [0.1, 0.15) is 0 Å². The maximum Gasteiger partial charge on any atom is 0.251 e. The molecule has 0 amide bonds. The lowest BCUT2D eigenvalue weighted by Gasteiger charge is -2.02. The predicted molar refractivity (Wildman–Crippen MR) is 53.9 cm³/mol. The molecule has 1 aromatic carbocycles. The summed E-state index contributed by atoms with van der Waals surface area (Å²) < 4.78 is 1.71. The van der Waals surface area contributed by atoms with Crippen LogP contribution in [0.15, 0.2) is 41.3 Å². The van der Waals surface area contributed by atoms with Gasteiger partial charge in [0.05, 0.1) is 0 Å². The van der Waals surface area contributed by atoms with Crippen LogP contribution >= 0.6 is 0 Å². The first-order valence-electron chi connectivity index (χ1n) is 4.40. The van der Waals surface area contributed by atoms with Gasteiger partial charge in [0.25, 0.3) is 5.56 Å². The number of aromatic nitrogens is 1. The normalized spacial score (nSPS) is 10.5. The van der Waals surface area contributed by atoms with E-state index in [4.69, 9.17) is 0 Å². The molecule has 1 heterocycles. The Hall–Kier alpha value is -1.57. The third-order valence-electron chi connectivity index (χ3n) is 2.19. The minimum atomic E-state index is 0.0706. The van der Waals surface area contributed by atoms with Crippen LogP contribution < -0.4 is 5.56 Å². The molecule has 1 aromatic heterocycles. The fraction of sp³-hybridized carbons (Fsp3) is 0.182. The zero-order valence-corrected chi connectivity index (χ0v) is 7.53. The van der Waals surface area contributed by atoms with Crippen LogP contribution in [0.5, 0.6) is 0 Å². The molecule has 0 fully saturated rings. The average Bonchev–Trinajstić information content (AvgIpc) is 2.17. The molecule has 0 N–H and O–H groups in total. The highest BCUT2D eigenvalue weighted by Crippen LogP contribution is 2.09. The second kappa shape index (κ2) is 3.05. The summed E-state index contributed by atoms with van der Waals surface area (Å²) in [4.78, 5) is 11.4. The maximum absolute atomic E-state index is 11.4. The highest BCUT2D eigenvalue weighted by Gasteiger charge is 1.96. The lowest BCUT2D eigenvalue weighted by atomic mass is 10.2. The molecule has 2 rings (SSSR count). The van der Waals surface area contributed by atoms with Crippen molar-refractivity contribution in [3.05, 3.63) is 46.9 Å². The van der Waals surface area contributed by atoms with E-state index in [2.05, 4.69) is 0 Å². The number of aryl methyl sites for hydroxylation is 1. The number of rotatable bonds is 1. The smallest absolute Gasteiger partial charge is 0.251 e. The Morgan fingerprint density at radius 2 is 1.92 bits per heavy atom. The van der Waals surface area contributed by atoms with Gasteiger partial charge in [-0.15, -0.1) is 0 Å². The van der Waals surface area contributed by atoms with Crippen LogP contribution in [-0.2, 0) is 6.54 Å². The Balaban J connectivity index is 2.81. The molecule has 66 valence electrons. The SMILES string of the molecule is CCn1cc2ccccc2cc1=O. The lowest BCUT2D eigenvalue weighted by Crippen LogP contribution is -2.16. The van der Waals surface area contributed by atoms with E-state index in [-0.39, 0.29) is 5.56 Å². The number of nitrogens with zero attached hydrogens (tertiary/aromatic N) is 1. The molecule has 0 aliphatic heterocycles. The van der Waals surface area contributed by atoms with Gasteiger partial charge in [-0.25, -0.2) is 0 Å². The second-order valence-electron chi connectivity index (χ2n) is 3.03. The van der Waals surface area contributed by atoms with Crippen molar-refractivity contribution in [2.75, 3.05) is 0 Å². The van der Waals surface area contributed by atoms with Crippen molar-refractivity contribution in [1.29, 1.82) is 0 Å². The third-order valence-corrected chi connectivity index (χ3v) is 2.19. The number of fused-ring (bicyclic) bond motifs is 1. The number of hydrogen-bond donors (Lipinski definition) is 0. The van der Waals surface area contributed by atoms with Crippen LogP contribution in [-0.4, -0.2) is 4.57 Å². The molecule has 2 nitrogen and oxygen atoms in total. The van der Waals surface area contributed by atoms with E-state index in [1.54, 1.807) is 10.6 Å². The summed E-state index contributed by atoms with van der Waals surface area (Å²) in [5.41, 5.74) is 0.0706. The Labute approximate surface area is 76.4 Å². The van der Waals surface area contributed by atoms with Gasteiger partial charge in [-0.05, 0) is 17.7 Å². The second-order valence-corrected chi connectivity index (χ2v) is 3.03. The third kappa shape index (κ3) is 1.35. The minimum Gasteiger partial charge on any atom is -0.315 e. The molecule has 0 saturated carbocycles. The monoisotopic (exact) mass is 173 g/mol. The van der Waals surface area contributed by atoms with E-state index >= 15 is 0 Å². The van der Waals surface area contributed by atoms with Crippen LogP contribution in [0.2, 0.25) is 0 Å². The number of hydrogen-bond acceptors (Lipinski definition) is 1. The Bertz CT molecular complexity index is 485. The van der Waals surface area contributed by atoms with Gasteiger partial charge in [0.15, 0.2) is 0 Å². The van der Waals surface area contributed by atoms with Crippen molar-refractivity contribution < 1.29 is 0 Å². The van der Waals surface area contributed by atoms with Crippen molar-refractivity contribution in [3.63, 3.8) is 0 Å². The first-order chi connectivity index (χ1) is 6.31. The van der Waals surface area contributed by atoms with Crippen LogP contribution in [0.1, 0.15) is 6.92 Å². The summed E-state index contributed by atoms with van der Waals surface area (Å²) in [6.07, 6.45) is 1.90. The van der Waals surface area contributed by atoms with Gasteiger partial charge >= 0.3 is 0 Å². The van der Waals surface area contributed by atoms with Crippen LogP contribution in [0.4, 0.5) is 0 Å². The molecule has 0 aliphatic rings. The number of benzene rings is 1. The van der Waals surface area contributed by atoms with Crippen molar-refractivity contribution >= 4 is 10.8 Å². The summed E-state index contributed by atoms with van der Waals surface area (Å²) in [6.45, 7) is 2.69. The topological polar surface area (TPSA) is 22.0 Å². The zero-order valence-electron chi connectivity index (χ0n) is 7.53. The maximum atomic E-state index is 11.4. The molecular formula is C11H11NO. The molecule has 0 saturated heterocycles. The highest BCUT2D eigenvalue weighted by atomic mass is 16.1. The lowest BCUT2D eigenvalue weighted by molar-refractivity contribution is 0.733. The molecule has 0 bridgehead atoms. The van der Waals surface area contributed by atoms with Gasteiger partial charge in [-0.3, -0.25) is 4.79 Å². The summed E-state index contributed by atoms with van der Waals surface area (Å²) in [5.74, 6) is 0. The Morgan fingerprint density at radius 1 is 1.23 bits per heavy atom. The van der Waals surface area contributed by atoms with E-state index in [1.807, 2.05) is 37.4 Å². The first kappa shape index (κ1) is 8.05. The van der Waals surface area contributed by atoms with Crippen molar-refractivity contribution in [1.82, 2.24) is 4.57 Å². The fourth-order valence-electron chi connectivity index (χ4n) is 1.45. The molecule has 0 spiro atoms. The molecule has 0 radical (unpaired) electrons. The summed E-state index contributed by atoms with van der Waals surface area (Å²) >= 11 is 0. The van der Waals surface area contributed by atoms with E-state index in [0.717, 1.165) is 17.3 Å². The molecule has 0 atom stereocenters. The average molecular weight is 173 g/mol. The van der Waals surface area contributed by atoms with Gasteiger partial charge in [0, 0.05) is 18.8 Å². The van der Waals surface area contributed by atoms with Gasteiger partial charge < -0.3 is 4.57 Å². The fourth-order valence-corrected chi connectivity index (χ4v) is 1.45. The van der Waals surface area contributed by atoms with Crippen molar-refractivity contribution in [2.24, 2.45) is 0 Å². The standard InChI is InChI=1S/C11H11NO/c1-2-12-8-10-6-4-3-5-9(10)7-11(12)13/h3-8H,2H2,1H3. The largest absolute Gasteiger partial charge is 0.315 e. The highest BCUT2D eigenvalue weighted by molar-refractivity contribution is 5.81. The van der Waals surface area contributed by atoms with Gasteiger partial charge in [-0.2, -0.15) is 0 Å². The van der Waals surface area contributed by atoms with Crippen LogP contribution in [0, 0.1) is 0 Å². The van der Waals surface area contributed by atoms with E-state index in [0.29, 0.717) is 0 Å². The molecule has 2 heteroatoms. The molecule has 2 aromatic rings. The predicted octanol–water partition coefficient (Wildman–Crippen LogP) is 2.02. The zero-order chi connectivity index (χ0) is 9.26. The van der Waals surface area contributed by atoms with E-state index < -0.39 is 0 Å². The van der Waals surface area contributed by atoms with Crippen LogP contribution in [0.3, 0.4) is 0 Å².